The van der Waals surface area contributed by atoms with E-state index in [1.165, 1.54) is 11.1 Å². The van der Waals surface area contributed by atoms with Gasteiger partial charge in [-0.25, -0.2) is 0 Å². The van der Waals surface area contributed by atoms with Crippen LogP contribution in [0, 0.1) is 0 Å². The van der Waals surface area contributed by atoms with Crippen LogP contribution in [0.5, 0.6) is 5.75 Å². The minimum atomic E-state index is 0.765. The van der Waals surface area contributed by atoms with Gasteiger partial charge in [0, 0.05) is 17.5 Å². The highest BCUT2D eigenvalue weighted by Crippen LogP contribution is 2.34. The Morgan fingerprint density at radius 1 is 0.731 bits per heavy atom. The zero-order chi connectivity index (χ0) is 17.8. The summed E-state index contributed by atoms with van der Waals surface area (Å²) in [7, 11) is 1.67. The summed E-state index contributed by atoms with van der Waals surface area (Å²) in [5, 5.41) is 0. The van der Waals surface area contributed by atoms with Crippen LogP contribution in [0.4, 0.5) is 0 Å². The molecular formula is C24H20O2. The Balaban J connectivity index is 1.76. The van der Waals surface area contributed by atoms with E-state index in [4.69, 9.17) is 9.15 Å². The quantitative estimate of drug-likeness (QED) is 0.431. The summed E-state index contributed by atoms with van der Waals surface area (Å²) in [6.45, 7) is 0. The minimum absolute atomic E-state index is 0.765. The van der Waals surface area contributed by atoms with Crippen LogP contribution in [0.25, 0.3) is 22.5 Å². The van der Waals surface area contributed by atoms with Crippen LogP contribution < -0.4 is 4.74 Å². The minimum Gasteiger partial charge on any atom is -0.497 e. The Kier molecular flexibility index (Phi) is 4.57. The van der Waals surface area contributed by atoms with Crippen LogP contribution in [0.15, 0.2) is 95.4 Å². The summed E-state index contributed by atoms with van der Waals surface area (Å²) >= 11 is 0. The normalized spacial score (nSPS) is 10.7. The molecule has 1 heterocycles. The van der Waals surface area contributed by atoms with Crippen molar-refractivity contribution in [2.75, 3.05) is 7.11 Å². The first-order chi connectivity index (χ1) is 12.8. The third kappa shape index (κ3) is 3.40. The number of ether oxygens (including phenoxy) is 1. The maximum absolute atomic E-state index is 6.29. The number of benzene rings is 3. The highest BCUT2D eigenvalue weighted by Gasteiger charge is 2.15. The van der Waals surface area contributed by atoms with Gasteiger partial charge in [0.15, 0.2) is 0 Å². The molecule has 26 heavy (non-hydrogen) atoms. The molecule has 4 aromatic rings. The molecule has 0 bridgehead atoms. The fraction of sp³-hybridized carbons (Fsp3) is 0.0833. The van der Waals surface area contributed by atoms with Gasteiger partial charge in [-0.1, -0.05) is 60.7 Å². The van der Waals surface area contributed by atoms with Crippen molar-refractivity contribution in [3.8, 4) is 28.2 Å². The summed E-state index contributed by atoms with van der Waals surface area (Å²) in [4.78, 5) is 0. The average Bonchev–Trinajstić information content (AvgIpc) is 3.13. The van der Waals surface area contributed by atoms with Crippen LogP contribution in [-0.4, -0.2) is 7.11 Å². The molecule has 1 aromatic heterocycles. The SMILES string of the molecule is COc1ccc(-c2cc(-c3ccccc3)c(Cc3ccccc3)o2)cc1. The van der Waals surface area contributed by atoms with Crippen LogP contribution in [-0.2, 0) is 6.42 Å². The van der Waals surface area contributed by atoms with Crippen LogP contribution >= 0.6 is 0 Å². The molecule has 0 atom stereocenters. The molecule has 0 saturated heterocycles. The summed E-state index contributed by atoms with van der Waals surface area (Å²) in [5.74, 6) is 2.69. The first-order valence-electron chi connectivity index (χ1n) is 8.70. The molecule has 0 saturated carbocycles. The number of furan rings is 1. The van der Waals surface area contributed by atoms with Gasteiger partial charge in [-0.2, -0.15) is 0 Å². The first kappa shape index (κ1) is 16.2. The predicted molar refractivity (Wildman–Crippen MR) is 105 cm³/mol. The van der Waals surface area contributed by atoms with Crippen molar-refractivity contribution < 1.29 is 9.15 Å². The molecule has 0 fully saturated rings. The van der Waals surface area contributed by atoms with E-state index in [0.29, 0.717) is 0 Å². The van der Waals surface area contributed by atoms with Gasteiger partial charge in [-0.15, -0.1) is 0 Å². The summed E-state index contributed by atoms with van der Waals surface area (Å²) < 4.78 is 11.5. The smallest absolute Gasteiger partial charge is 0.134 e. The highest BCUT2D eigenvalue weighted by atomic mass is 16.5. The second-order valence-electron chi connectivity index (χ2n) is 6.20. The van der Waals surface area contributed by atoms with E-state index in [2.05, 4.69) is 54.6 Å². The number of hydrogen-bond acceptors (Lipinski definition) is 2. The lowest BCUT2D eigenvalue weighted by atomic mass is 10.0. The maximum atomic E-state index is 6.29. The standard InChI is InChI=1S/C24H20O2/c1-25-21-14-12-20(13-15-21)23-17-22(19-10-6-3-7-11-19)24(26-23)16-18-8-4-2-5-9-18/h2-15,17H,16H2,1H3. The fourth-order valence-electron chi connectivity index (χ4n) is 3.10. The molecule has 0 amide bonds. The third-order valence-corrected chi connectivity index (χ3v) is 4.48. The molecule has 4 rings (SSSR count). The van der Waals surface area contributed by atoms with Gasteiger partial charge in [-0.05, 0) is 41.5 Å². The zero-order valence-electron chi connectivity index (χ0n) is 14.7. The van der Waals surface area contributed by atoms with E-state index in [1.807, 2.05) is 36.4 Å². The van der Waals surface area contributed by atoms with Gasteiger partial charge in [0.05, 0.1) is 7.11 Å². The Bertz CT molecular complexity index is 968. The topological polar surface area (TPSA) is 22.4 Å². The van der Waals surface area contributed by atoms with E-state index in [1.54, 1.807) is 7.11 Å². The van der Waals surface area contributed by atoms with Crippen molar-refractivity contribution in [1.29, 1.82) is 0 Å². The lowest BCUT2D eigenvalue weighted by Gasteiger charge is -2.03. The molecule has 0 aliphatic rings. The van der Waals surface area contributed by atoms with E-state index in [9.17, 15) is 0 Å². The molecule has 0 radical (unpaired) electrons. The monoisotopic (exact) mass is 340 g/mol. The fourth-order valence-corrected chi connectivity index (χ4v) is 3.10. The van der Waals surface area contributed by atoms with Crippen molar-refractivity contribution in [3.63, 3.8) is 0 Å². The number of hydrogen-bond donors (Lipinski definition) is 0. The summed E-state index contributed by atoms with van der Waals surface area (Å²) in [6.07, 6.45) is 0.765. The molecule has 0 N–H and O–H groups in total. The van der Waals surface area contributed by atoms with Gasteiger partial charge >= 0.3 is 0 Å². The second-order valence-corrected chi connectivity index (χ2v) is 6.20. The lowest BCUT2D eigenvalue weighted by Crippen LogP contribution is -1.88. The molecule has 2 nitrogen and oxygen atoms in total. The van der Waals surface area contributed by atoms with E-state index in [-0.39, 0.29) is 0 Å². The van der Waals surface area contributed by atoms with Crippen LogP contribution in [0.3, 0.4) is 0 Å². The molecule has 128 valence electrons. The number of methoxy groups -OCH3 is 1. The Morgan fingerprint density at radius 2 is 1.38 bits per heavy atom. The van der Waals surface area contributed by atoms with Crippen molar-refractivity contribution in [1.82, 2.24) is 0 Å². The second kappa shape index (κ2) is 7.32. The molecule has 0 spiro atoms. The zero-order valence-corrected chi connectivity index (χ0v) is 14.7. The largest absolute Gasteiger partial charge is 0.497 e. The maximum Gasteiger partial charge on any atom is 0.134 e. The van der Waals surface area contributed by atoms with E-state index < -0.39 is 0 Å². The molecule has 2 heteroatoms. The van der Waals surface area contributed by atoms with Gasteiger partial charge in [0.2, 0.25) is 0 Å². The Labute approximate surface area is 153 Å². The molecule has 0 aliphatic carbocycles. The molecular weight excluding hydrogens is 320 g/mol. The Hall–Kier alpha value is -3.26. The molecule has 3 aromatic carbocycles. The van der Waals surface area contributed by atoms with E-state index in [0.717, 1.165) is 34.8 Å². The predicted octanol–water partition coefficient (Wildman–Crippen LogP) is 6.21. The van der Waals surface area contributed by atoms with Gasteiger partial charge in [0.25, 0.3) is 0 Å². The Morgan fingerprint density at radius 3 is 2.04 bits per heavy atom. The van der Waals surface area contributed by atoms with Gasteiger partial charge in [-0.3, -0.25) is 0 Å². The van der Waals surface area contributed by atoms with Crippen molar-refractivity contribution >= 4 is 0 Å². The molecule has 0 aliphatic heterocycles. The van der Waals surface area contributed by atoms with Crippen molar-refractivity contribution in [3.05, 3.63) is 102 Å². The van der Waals surface area contributed by atoms with Crippen molar-refractivity contribution in [2.45, 2.75) is 6.42 Å². The van der Waals surface area contributed by atoms with Crippen molar-refractivity contribution in [2.24, 2.45) is 0 Å². The highest BCUT2D eigenvalue weighted by molar-refractivity contribution is 5.73. The molecule has 0 unspecified atom stereocenters. The van der Waals surface area contributed by atoms with Crippen LogP contribution in [0.2, 0.25) is 0 Å². The summed E-state index contributed by atoms with van der Waals surface area (Å²) in [6, 6.07) is 30.9. The average molecular weight is 340 g/mol. The number of rotatable bonds is 5. The van der Waals surface area contributed by atoms with Gasteiger partial charge < -0.3 is 9.15 Å². The van der Waals surface area contributed by atoms with Crippen LogP contribution in [0.1, 0.15) is 11.3 Å². The third-order valence-electron chi connectivity index (χ3n) is 4.48. The van der Waals surface area contributed by atoms with E-state index >= 15 is 0 Å². The van der Waals surface area contributed by atoms with Gasteiger partial charge in [0.1, 0.15) is 17.3 Å². The first-order valence-corrected chi connectivity index (χ1v) is 8.70. The lowest BCUT2D eigenvalue weighted by molar-refractivity contribution is 0.415. The summed E-state index contributed by atoms with van der Waals surface area (Å²) in [5.41, 5.74) is 4.59.